The summed E-state index contributed by atoms with van der Waals surface area (Å²) in [4.78, 5) is 19.9. The van der Waals surface area contributed by atoms with Crippen LogP contribution in [0.2, 0.25) is 0 Å². The number of carbonyl (C=O) groups excluding carboxylic acids is 1. The van der Waals surface area contributed by atoms with Crippen LogP contribution in [0.25, 0.3) is 22.3 Å². The molecule has 1 saturated heterocycles. The molecule has 27 heavy (non-hydrogen) atoms. The second-order valence-electron chi connectivity index (χ2n) is 6.95. The van der Waals surface area contributed by atoms with Crippen LogP contribution in [0, 0.1) is 6.92 Å². The second kappa shape index (κ2) is 7.00. The lowest BCUT2D eigenvalue weighted by atomic mass is 10.0. The summed E-state index contributed by atoms with van der Waals surface area (Å²) in [5.41, 5.74) is 3.49. The van der Waals surface area contributed by atoms with Gasteiger partial charge in [-0.15, -0.1) is 0 Å². The van der Waals surface area contributed by atoms with E-state index < -0.39 is 0 Å². The Morgan fingerprint density at radius 3 is 2.85 bits per heavy atom. The third-order valence-electron chi connectivity index (χ3n) is 5.14. The number of carbonyl (C=O) groups is 1. The lowest BCUT2D eigenvalue weighted by molar-refractivity contribution is 0.0703. The highest BCUT2D eigenvalue weighted by Gasteiger charge is 2.26. The molecule has 1 atom stereocenters. The summed E-state index contributed by atoms with van der Waals surface area (Å²) in [6.07, 6.45) is 0.985. The summed E-state index contributed by atoms with van der Waals surface area (Å²) >= 11 is 0. The molecule has 1 aromatic carbocycles. The van der Waals surface area contributed by atoms with E-state index >= 15 is 0 Å². The van der Waals surface area contributed by atoms with E-state index in [1.54, 1.807) is 24.3 Å². The van der Waals surface area contributed by atoms with Crippen molar-refractivity contribution in [2.75, 3.05) is 19.6 Å². The highest BCUT2D eigenvalue weighted by atomic mass is 16.3. The summed E-state index contributed by atoms with van der Waals surface area (Å²) < 4.78 is 0. The number of phenols is 1. The Hall–Kier alpha value is -2.93. The molecule has 0 bridgehead atoms. The van der Waals surface area contributed by atoms with E-state index in [0.29, 0.717) is 36.0 Å². The topological polar surface area (TPSA) is 94.1 Å². The maximum Gasteiger partial charge on any atom is 0.254 e. The Balaban J connectivity index is 1.79. The predicted molar refractivity (Wildman–Crippen MR) is 104 cm³/mol. The van der Waals surface area contributed by atoms with Crippen LogP contribution in [-0.2, 0) is 0 Å². The molecule has 1 fully saturated rings. The predicted octanol–water partition coefficient (Wildman–Crippen LogP) is 2.46. The van der Waals surface area contributed by atoms with Crippen LogP contribution in [0.1, 0.15) is 29.4 Å². The van der Waals surface area contributed by atoms with Crippen molar-refractivity contribution in [1.82, 2.24) is 25.4 Å². The normalized spacial score (nSPS) is 17.4. The first-order valence-electron chi connectivity index (χ1n) is 9.24. The number of aryl methyl sites for hydroxylation is 1. The number of phenolic OH excluding ortho intramolecular Hbond substituents is 1. The third-order valence-corrected chi connectivity index (χ3v) is 5.14. The standard InChI is InChI=1S/C20H23N5O2/c1-3-14-11-25(9-8-21-14)20(27)16-10-17(13-4-6-15(26)7-5-13)22-19-18(16)12(2)23-24-19/h4-7,10,14,21,26H,3,8-9,11H2,1-2H3,(H,22,23,24). The molecule has 1 aliphatic heterocycles. The Labute approximate surface area is 157 Å². The summed E-state index contributed by atoms with van der Waals surface area (Å²) in [6, 6.07) is 8.97. The van der Waals surface area contributed by atoms with E-state index in [-0.39, 0.29) is 11.7 Å². The minimum absolute atomic E-state index is 0.00637. The molecule has 140 valence electrons. The number of amides is 1. The van der Waals surface area contributed by atoms with Gasteiger partial charge in [0.15, 0.2) is 5.65 Å². The van der Waals surface area contributed by atoms with Crippen molar-refractivity contribution in [2.24, 2.45) is 0 Å². The fourth-order valence-electron chi connectivity index (χ4n) is 3.59. The van der Waals surface area contributed by atoms with Crippen LogP contribution < -0.4 is 5.32 Å². The third kappa shape index (κ3) is 3.26. The molecule has 3 N–H and O–H groups in total. The van der Waals surface area contributed by atoms with Gasteiger partial charge in [-0.05, 0) is 43.7 Å². The first-order valence-corrected chi connectivity index (χ1v) is 9.24. The van der Waals surface area contributed by atoms with Crippen molar-refractivity contribution < 1.29 is 9.90 Å². The number of aromatic hydroxyl groups is 1. The van der Waals surface area contributed by atoms with Gasteiger partial charge in [0.2, 0.25) is 0 Å². The Morgan fingerprint density at radius 1 is 1.33 bits per heavy atom. The minimum atomic E-state index is 0.00637. The van der Waals surface area contributed by atoms with Crippen molar-refractivity contribution in [1.29, 1.82) is 0 Å². The first kappa shape index (κ1) is 17.5. The molecule has 3 aromatic rings. The van der Waals surface area contributed by atoms with Gasteiger partial charge in [0.1, 0.15) is 5.75 Å². The number of nitrogens with zero attached hydrogens (tertiary/aromatic N) is 3. The molecule has 7 heteroatoms. The fraction of sp³-hybridized carbons (Fsp3) is 0.350. The average Bonchev–Trinajstić information content (AvgIpc) is 3.08. The van der Waals surface area contributed by atoms with Gasteiger partial charge in [0.25, 0.3) is 5.91 Å². The lowest BCUT2D eigenvalue weighted by Gasteiger charge is -2.33. The SMILES string of the molecule is CCC1CN(C(=O)c2cc(-c3ccc(O)cc3)nc3[nH]nc(C)c23)CCN1. The number of benzene rings is 1. The average molecular weight is 365 g/mol. The van der Waals surface area contributed by atoms with Crippen molar-refractivity contribution in [2.45, 2.75) is 26.3 Å². The van der Waals surface area contributed by atoms with Crippen LogP contribution in [0.4, 0.5) is 0 Å². The summed E-state index contributed by atoms with van der Waals surface area (Å²) in [5.74, 6) is 0.201. The van der Waals surface area contributed by atoms with E-state index in [1.165, 1.54) is 0 Å². The molecule has 4 rings (SSSR count). The van der Waals surface area contributed by atoms with Crippen molar-refractivity contribution in [3.05, 3.63) is 41.6 Å². The summed E-state index contributed by atoms with van der Waals surface area (Å²) in [7, 11) is 0. The van der Waals surface area contributed by atoms with E-state index in [2.05, 4.69) is 27.4 Å². The van der Waals surface area contributed by atoms with Gasteiger partial charge in [-0.3, -0.25) is 9.89 Å². The van der Waals surface area contributed by atoms with Crippen LogP contribution >= 0.6 is 0 Å². The van der Waals surface area contributed by atoms with Crippen LogP contribution in [0.5, 0.6) is 5.75 Å². The number of aromatic nitrogens is 3. The number of aromatic amines is 1. The molecule has 0 aliphatic carbocycles. The number of H-pyrrole nitrogens is 1. The second-order valence-corrected chi connectivity index (χ2v) is 6.95. The van der Waals surface area contributed by atoms with E-state index in [1.807, 2.05) is 17.9 Å². The van der Waals surface area contributed by atoms with Gasteiger partial charge >= 0.3 is 0 Å². The van der Waals surface area contributed by atoms with E-state index in [9.17, 15) is 9.90 Å². The fourth-order valence-corrected chi connectivity index (χ4v) is 3.59. The number of pyridine rings is 1. The molecule has 0 saturated carbocycles. The first-order chi connectivity index (χ1) is 13.1. The zero-order valence-corrected chi connectivity index (χ0v) is 15.5. The van der Waals surface area contributed by atoms with E-state index in [0.717, 1.165) is 29.6 Å². The van der Waals surface area contributed by atoms with E-state index in [4.69, 9.17) is 0 Å². The molecule has 1 amide bonds. The number of hydrogen-bond acceptors (Lipinski definition) is 5. The van der Waals surface area contributed by atoms with Crippen LogP contribution in [0.15, 0.2) is 30.3 Å². The number of rotatable bonds is 3. The zero-order valence-electron chi connectivity index (χ0n) is 15.5. The molecule has 1 aliphatic rings. The van der Waals surface area contributed by atoms with Gasteiger partial charge in [0.05, 0.1) is 22.3 Å². The number of fused-ring (bicyclic) bond motifs is 1. The maximum absolute atomic E-state index is 13.4. The van der Waals surface area contributed by atoms with Gasteiger partial charge in [-0.25, -0.2) is 4.98 Å². The molecule has 7 nitrogen and oxygen atoms in total. The van der Waals surface area contributed by atoms with Crippen molar-refractivity contribution >= 4 is 16.9 Å². The largest absolute Gasteiger partial charge is 0.508 e. The number of nitrogens with one attached hydrogen (secondary N) is 2. The molecule has 0 radical (unpaired) electrons. The molecular formula is C20H23N5O2. The van der Waals surface area contributed by atoms with Gasteiger partial charge in [0, 0.05) is 31.2 Å². The summed E-state index contributed by atoms with van der Waals surface area (Å²) in [6.45, 7) is 6.19. The smallest absolute Gasteiger partial charge is 0.254 e. The Morgan fingerprint density at radius 2 is 2.11 bits per heavy atom. The molecule has 1 unspecified atom stereocenters. The molecule has 0 spiro atoms. The number of piperazine rings is 1. The summed E-state index contributed by atoms with van der Waals surface area (Å²) in [5, 5.41) is 20.9. The van der Waals surface area contributed by atoms with Crippen LogP contribution in [0.3, 0.4) is 0 Å². The lowest BCUT2D eigenvalue weighted by Crippen LogP contribution is -2.52. The maximum atomic E-state index is 13.4. The zero-order chi connectivity index (χ0) is 19.0. The Bertz CT molecular complexity index is 980. The highest BCUT2D eigenvalue weighted by Crippen LogP contribution is 2.28. The van der Waals surface area contributed by atoms with Gasteiger partial charge in [-0.1, -0.05) is 6.92 Å². The quantitative estimate of drug-likeness (QED) is 0.663. The monoisotopic (exact) mass is 365 g/mol. The van der Waals surface area contributed by atoms with Gasteiger partial charge < -0.3 is 15.3 Å². The van der Waals surface area contributed by atoms with Crippen molar-refractivity contribution in [3.8, 4) is 17.0 Å². The molecule has 3 heterocycles. The van der Waals surface area contributed by atoms with Gasteiger partial charge in [-0.2, -0.15) is 5.10 Å². The number of hydrogen-bond donors (Lipinski definition) is 3. The molecular weight excluding hydrogens is 342 g/mol. The Kier molecular flexibility index (Phi) is 4.53. The van der Waals surface area contributed by atoms with Crippen molar-refractivity contribution in [3.63, 3.8) is 0 Å². The molecule has 2 aromatic heterocycles. The minimum Gasteiger partial charge on any atom is -0.508 e. The highest BCUT2D eigenvalue weighted by molar-refractivity contribution is 6.07. The van der Waals surface area contributed by atoms with Crippen LogP contribution in [-0.4, -0.2) is 56.8 Å².